The van der Waals surface area contributed by atoms with Crippen molar-refractivity contribution in [3.05, 3.63) is 60.2 Å². The summed E-state index contributed by atoms with van der Waals surface area (Å²) in [6.45, 7) is 5.54. The molecule has 3 rings (SSSR count). The first kappa shape index (κ1) is 21.5. The lowest BCUT2D eigenvalue weighted by molar-refractivity contribution is 0.0954. The largest absolute Gasteiger partial charge is 0.508 e. The number of carbonyl (C=O) groups excluding carboxylic acids is 1. The topological polar surface area (TPSA) is 86.2 Å². The summed E-state index contributed by atoms with van der Waals surface area (Å²) in [5, 5.41) is 15.5. The third kappa shape index (κ3) is 6.40. The molecular weight excluding hydrogens is 380 g/mol. The third-order valence-electron chi connectivity index (χ3n) is 4.91. The lowest BCUT2D eigenvalue weighted by atomic mass is 10.1. The number of aliphatic imine (C=N–C) groups is 1. The summed E-state index contributed by atoms with van der Waals surface area (Å²) in [5.41, 5.74) is 0.518. The van der Waals surface area contributed by atoms with E-state index in [1.807, 2.05) is 37.3 Å². The Bertz CT molecular complexity index is 816. The van der Waals surface area contributed by atoms with Gasteiger partial charge in [0.05, 0.1) is 6.54 Å². The van der Waals surface area contributed by atoms with Crippen LogP contribution in [0.5, 0.6) is 11.5 Å². The molecule has 0 unspecified atom stereocenters. The van der Waals surface area contributed by atoms with Gasteiger partial charge in [-0.05, 0) is 43.3 Å². The van der Waals surface area contributed by atoms with Crippen molar-refractivity contribution in [1.82, 2.24) is 15.5 Å². The Balaban J connectivity index is 1.45. The van der Waals surface area contributed by atoms with Crippen molar-refractivity contribution in [3.8, 4) is 11.5 Å². The molecule has 1 aliphatic heterocycles. The average molecular weight is 411 g/mol. The Morgan fingerprint density at radius 1 is 1.10 bits per heavy atom. The Morgan fingerprint density at radius 2 is 1.80 bits per heavy atom. The zero-order valence-corrected chi connectivity index (χ0v) is 17.4. The maximum atomic E-state index is 12.1. The Morgan fingerprint density at radius 3 is 2.47 bits per heavy atom. The molecule has 1 fully saturated rings. The van der Waals surface area contributed by atoms with E-state index in [2.05, 4.69) is 20.5 Å². The van der Waals surface area contributed by atoms with Crippen LogP contribution in [0.4, 0.5) is 0 Å². The number of ether oxygens (including phenoxy) is 1. The van der Waals surface area contributed by atoms with Gasteiger partial charge in [0.25, 0.3) is 5.91 Å². The SMILES string of the molecule is CCNC(=NCCNC(=O)c1ccc(O)cc1)N1CCC(Oc2ccccc2)CC1. The minimum atomic E-state index is -0.172. The first-order valence-corrected chi connectivity index (χ1v) is 10.5. The molecule has 0 saturated carbocycles. The van der Waals surface area contributed by atoms with Crippen molar-refractivity contribution in [3.63, 3.8) is 0 Å². The smallest absolute Gasteiger partial charge is 0.251 e. The van der Waals surface area contributed by atoms with Crippen LogP contribution in [0.15, 0.2) is 59.6 Å². The fourth-order valence-corrected chi connectivity index (χ4v) is 3.35. The van der Waals surface area contributed by atoms with E-state index in [9.17, 15) is 9.90 Å². The molecule has 1 aliphatic rings. The summed E-state index contributed by atoms with van der Waals surface area (Å²) in [5.74, 6) is 1.76. The van der Waals surface area contributed by atoms with Crippen molar-refractivity contribution < 1.29 is 14.6 Å². The molecule has 0 spiro atoms. The number of rotatable bonds is 7. The van der Waals surface area contributed by atoms with Crippen LogP contribution in [0.3, 0.4) is 0 Å². The molecule has 0 aromatic heterocycles. The number of para-hydroxylation sites is 1. The number of hydrogen-bond acceptors (Lipinski definition) is 4. The van der Waals surface area contributed by atoms with Gasteiger partial charge in [0.15, 0.2) is 5.96 Å². The lowest BCUT2D eigenvalue weighted by Gasteiger charge is -2.34. The summed E-state index contributed by atoms with van der Waals surface area (Å²) in [7, 11) is 0. The molecule has 2 aromatic rings. The monoisotopic (exact) mass is 410 g/mol. The summed E-state index contributed by atoms with van der Waals surface area (Å²) >= 11 is 0. The number of likely N-dealkylation sites (tertiary alicyclic amines) is 1. The number of nitrogens with one attached hydrogen (secondary N) is 2. The zero-order valence-electron chi connectivity index (χ0n) is 17.4. The van der Waals surface area contributed by atoms with Crippen LogP contribution in [0, 0.1) is 0 Å². The van der Waals surface area contributed by atoms with E-state index in [0.717, 1.165) is 44.2 Å². The number of hydrogen-bond donors (Lipinski definition) is 3. The molecule has 1 heterocycles. The molecule has 7 nitrogen and oxygen atoms in total. The summed E-state index contributed by atoms with van der Waals surface area (Å²) in [4.78, 5) is 19.0. The fraction of sp³-hybridized carbons (Fsp3) is 0.391. The van der Waals surface area contributed by atoms with E-state index in [0.29, 0.717) is 18.7 Å². The number of aromatic hydroxyl groups is 1. The molecule has 160 valence electrons. The maximum Gasteiger partial charge on any atom is 0.251 e. The van der Waals surface area contributed by atoms with Gasteiger partial charge in [0, 0.05) is 44.6 Å². The Hall–Kier alpha value is -3.22. The van der Waals surface area contributed by atoms with Crippen molar-refractivity contribution in [2.45, 2.75) is 25.9 Å². The molecule has 3 N–H and O–H groups in total. The van der Waals surface area contributed by atoms with Gasteiger partial charge >= 0.3 is 0 Å². The van der Waals surface area contributed by atoms with Gasteiger partial charge in [-0.2, -0.15) is 0 Å². The van der Waals surface area contributed by atoms with E-state index in [-0.39, 0.29) is 17.8 Å². The predicted molar refractivity (Wildman–Crippen MR) is 118 cm³/mol. The van der Waals surface area contributed by atoms with Gasteiger partial charge in [0.2, 0.25) is 0 Å². The van der Waals surface area contributed by atoms with Crippen molar-refractivity contribution in [2.24, 2.45) is 4.99 Å². The second kappa shape index (κ2) is 11.1. The number of benzene rings is 2. The summed E-state index contributed by atoms with van der Waals surface area (Å²) in [6, 6.07) is 16.1. The van der Waals surface area contributed by atoms with Crippen LogP contribution >= 0.6 is 0 Å². The highest BCUT2D eigenvalue weighted by Crippen LogP contribution is 2.18. The van der Waals surface area contributed by atoms with Crippen LogP contribution in [0.2, 0.25) is 0 Å². The average Bonchev–Trinajstić information content (AvgIpc) is 2.77. The highest BCUT2D eigenvalue weighted by Gasteiger charge is 2.22. The van der Waals surface area contributed by atoms with Crippen molar-refractivity contribution >= 4 is 11.9 Å². The second-order valence-electron chi connectivity index (χ2n) is 7.16. The molecular formula is C23H30N4O3. The molecule has 0 radical (unpaired) electrons. The number of phenols is 1. The number of piperidine rings is 1. The summed E-state index contributed by atoms with van der Waals surface area (Å²) < 4.78 is 6.07. The summed E-state index contributed by atoms with van der Waals surface area (Å²) in [6.07, 6.45) is 2.10. The number of carbonyl (C=O) groups is 1. The van der Waals surface area contributed by atoms with E-state index < -0.39 is 0 Å². The first-order valence-electron chi connectivity index (χ1n) is 10.5. The third-order valence-corrected chi connectivity index (χ3v) is 4.91. The number of amides is 1. The maximum absolute atomic E-state index is 12.1. The van der Waals surface area contributed by atoms with E-state index >= 15 is 0 Å². The highest BCUT2D eigenvalue weighted by atomic mass is 16.5. The minimum absolute atomic E-state index is 0.143. The predicted octanol–water partition coefficient (Wildman–Crippen LogP) is 2.63. The van der Waals surface area contributed by atoms with Gasteiger partial charge < -0.3 is 25.4 Å². The van der Waals surface area contributed by atoms with Crippen LogP contribution in [0.1, 0.15) is 30.1 Å². The van der Waals surface area contributed by atoms with Gasteiger partial charge in [0.1, 0.15) is 17.6 Å². The second-order valence-corrected chi connectivity index (χ2v) is 7.16. The van der Waals surface area contributed by atoms with Crippen LogP contribution in [-0.4, -0.2) is 60.7 Å². The molecule has 1 amide bonds. The first-order chi connectivity index (χ1) is 14.7. The van der Waals surface area contributed by atoms with E-state index in [4.69, 9.17) is 4.74 Å². The lowest BCUT2D eigenvalue weighted by Crippen LogP contribution is -2.47. The van der Waals surface area contributed by atoms with Crippen LogP contribution in [0.25, 0.3) is 0 Å². The van der Waals surface area contributed by atoms with Crippen molar-refractivity contribution in [1.29, 1.82) is 0 Å². The molecule has 0 bridgehead atoms. The molecule has 0 atom stereocenters. The van der Waals surface area contributed by atoms with Gasteiger partial charge in [-0.15, -0.1) is 0 Å². The molecule has 1 saturated heterocycles. The zero-order chi connectivity index (χ0) is 21.2. The van der Waals surface area contributed by atoms with Gasteiger partial charge in [-0.1, -0.05) is 18.2 Å². The van der Waals surface area contributed by atoms with E-state index in [1.54, 1.807) is 12.1 Å². The van der Waals surface area contributed by atoms with Crippen LogP contribution in [-0.2, 0) is 0 Å². The molecule has 30 heavy (non-hydrogen) atoms. The van der Waals surface area contributed by atoms with Crippen molar-refractivity contribution in [2.75, 3.05) is 32.7 Å². The standard InChI is InChI=1S/C23H30N4O3/c1-2-24-23(26-15-14-25-22(29)18-8-10-19(28)11-9-18)27-16-12-21(13-17-27)30-20-6-4-3-5-7-20/h3-11,21,28H,2,12-17H2,1H3,(H,24,26)(H,25,29). The van der Waals surface area contributed by atoms with Gasteiger partial charge in [-0.3, -0.25) is 9.79 Å². The minimum Gasteiger partial charge on any atom is -0.508 e. The fourth-order valence-electron chi connectivity index (χ4n) is 3.35. The Labute approximate surface area is 177 Å². The molecule has 2 aromatic carbocycles. The quantitative estimate of drug-likeness (QED) is 0.371. The molecule has 7 heteroatoms. The number of guanidine groups is 1. The van der Waals surface area contributed by atoms with Gasteiger partial charge in [-0.25, -0.2) is 0 Å². The number of nitrogens with zero attached hydrogens (tertiary/aromatic N) is 2. The number of phenolic OH excluding ortho intramolecular Hbond substituents is 1. The Kier molecular flexibility index (Phi) is 7.94. The molecule has 0 aliphatic carbocycles. The normalized spacial score (nSPS) is 15.0. The highest BCUT2D eigenvalue weighted by molar-refractivity contribution is 5.94. The van der Waals surface area contributed by atoms with E-state index in [1.165, 1.54) is 12.1 Å². The van der Waals surface area contributed by atoms with Crippen LogP contribution < -0.4 is 15.4 Å².